The zero-order valence-corrected chi connectivity index (χ0v) is 15.8. The predicted octanol–water partition coefficient (Wildman–Crippen LogP) is 0.864. The summed E-state index contributed by atoms with van der Waals surface area (Å²) in [5.41, 5.74) is -0.154. The molecule has 0 radical (unpaired) electrons. The van der Waals surface area contributed by atoms with Crippen molar-refractivity contribution in [1.82, 2.24) is 14.9 Å². The maximum Gasteiger partial charge on any atom is 0.269 e. The van der Waals surface area contributed by atoms with Crippen molar-refractivity contribution in [2.24, 2.45) is 5.92 Å². The van der Waals surface area contributed by atoms with E-state index in [1.54, 1.807) is 0 Å². The predicted molar refractivity (Wildman–Crippen MR) is 98.6 cm³/mol. The average molecular weight is 396 g/mol. The first-order valence-electron chi connectivity index (χ1n) is 9.13. The van der Waals surface area contributed by atoms with Gasteiger partial charge in [-0.25, -0.2) is 8.42 Å². The van der Waals surface area contributed by atoms with Gasteiger partial charge in [0, 0.05) is 37.8 Å². The van der Waals surface area contributed by atoms with Crippen LogP contribution in [0, 0.1) is 16.0 Å². The van der Waals surface area contributed by atoms with E-state index in [0.717, 1.165) is 25.8 Å². The van der Waals surface area contributed by atoms with Gasteiger partial charge in [0.2, 0.25) is 15.9 Å². The minimum Gasteiger partial charge on any atom is -0.352 e. The molecule has 2 aliphatic heterocycles. The van der Waals surface area contributed by atoms with Crippen LogP contribution in [0.1, 0.15) is 25.7 Å². The monoisotopic (exact) mass is 396 g/mol. The smallest absolute Gasteiger partial charge is 0.269 e. The summed E-state index contributed by atoms with van der Waals surface area (Å²) in [6, 6.07) is 4.66. The van der Waals surface area contributed by atoms with E-state index in [-0.39, 0.29) is 35.0 Å². The molecule has 2 unspecified atom stereocenters. The molecular formula is C17H24N4O5S. The Morgan fingerprint density at radius 1 is 1.22 bits per heavy atom. The van der Waals surface area contributed by atoms with Gasteiger partial charge in [0.1, 0.15) is 0 Å². The van der Waals surface area contributed by atoms with Crippen molar-refractivity contribution >= 4 is 21.6 Å². The van der Waals surface area contributed by atoms with Crippen LogP contribution in [-0.4, -0.2) is 55.8 Å². The zero-order chi connectivity index (χ0) is 19.4. The van der Waals surface area contributed by atoms with Crippen LogP contribution in [0.4, 0.5) is 5.69 Å². The molecule has 9 nitrogen and oxygen atoms in total. The van der Waals surface area contributed by atoms with Crippen molar-refractivity contribution < 1.29 is 18.1 Å². The van der Waals surface area contributed by atoms with E-state index in [9.17, 15) is 23.3 Å². The third-order valence-electron chi connectivity index (χ3n) is 5.08. The van der Waals surface area contributed by atoms with E-state index in [0.29, 0.717) is 19.5 Å². The standard InChI is InChI=1S/C17H24N4O5S/c22-17(13-3-1-9-18-11-13)19-14-4-2-10-20(12-14)27(25,26)16-7-5-15(6-8-16)21(23)24/h5-8,13-14,18H,1-4,9-12H2,(H,19,22). The SMILES string of the molecule is O=C(NC1CCCN(S(=O)(=O)c2ccc([N+](=O)[O-])cc2)C1)C1CCCNC1. The molecule has 27 heavy (non-hydrogen) atoms. The maximum absolute atomic E-state index is 12.8. The van der Waals surface area contributed by atoms with Gasteiger partial charge in [0.15, 0.2) is 0 Å². The Labute approximate surface area is 158 Å². The Morgan fingerprint density at radius 2 is 1.96 bits per heavy atom. The molecule has 1 aromatic carbocycles. The molecule has 0 aliphatic carbocycles. The van der Waals surface area contributed by atoms with Crippen molar-refractivity contribution in [3.05, 3.63) is 34.4 Å². The number of hydrogen-bond acceptors (Lipinski definition) is 6. The van der Waals surface area contributed by atoms with Crippen LogP contribution in [0.3, 0.4) is 0 Å². The molecule has 1 amide bonds. The van der Waals surface area contributed by atoms with E-state index in [1.165, 1.54) is 28.6 Å². The summed E-state index contributed by atoms with van der Waals surface area (Å²) in [5.74, 6) is -0.0952. The van der Waals surface area contributed by atoms with Gasteiger partial charge in [-0.3, -0.25) is 14.9 Å². The number of nitro groups is 1. The molecule has 0 saturated carbocycles. The van der Waals surface area contributed by atoms with Crippen LogP contribution in [-0.2, 0) is 14.8 Å². The third kappa shape index (κ3) is 4.63. The van der Waals surface area contributed by atoms with Gasteiger partial charge in [-0.1, -0.05) is 0 Å². The third-order valence-corrected chi connectivity index (χ3v) is 6.96. The van der Waals surface area contributed by atoms with Crippen molar-refractivity contribution in [3.63, 3.8) is 0 Å². The Balaban J connectivity index is 1.65. The topological polar surface area (TPSA) is 122 Å². The lowest BCUT2D eigenvalue weighted by atomic mass is 9.97. The molecule has 2 fully saturated rings. The lowest BCUT2D eigenvalue weighted by Gasteiger charge is -2.33. The largest absolute Gasteiger partial charge is 0.352 e. The molecule has 2 heterocycles. The number of piperidine rings is 2. The zero-order valence-electron chi connectivity index (χ0n) is 15.0. The first-order chi connectivity index (χ1) is 12.9. The number of non-ortho nitro benzene ring substituents is 1. The first kappa shape index (κ1) is 19.7. The van der Waals surface area contributed by atoms with Gasteiger partial charge in [-0.2, -0.15) is 4.31 Å². The number of carbonyl (C=O) groups excluding carboxylic acids is 1. The summed E-state index contributed by atoms with van der Waals surface area (Å²) in [7, 11) is -3.75. The van der Waals surface area contributed by atoms with Crippen LogP contribution in [0.5, 0.6) is 0 Å². The van der Waals surface area contributed by atoms with E-state index in [1.807, 2.05) is 0 Å². The highest BCUT2D eigenvalue weighted by Crippen LogP contribution is 2.23. The molecule has 10 heteroatoms. The second-order valence-electron chi connectivity index (χ2n) is 7.01. The number of benzene rings is 1. The molecule has 1 aromatic rings. The van der Waals surface area contributed by atoms with Gasteiger partial charge >= 0.3 is 0 Å². The molecule has 0 spiro atoms. The van der Waals surface area contributed by atoms with Crippen molar-refractivity contribution in [2.75, 3.05) is 26.2 Å². The Kier molecular flexibility index (Phi) is 6.08. The van der Waals surface area contributed by atoms with Crippen LogP contribution in [0.2, 0.25) is 0 Å². The molecule has 0 bridgehead atoms. The number of sulfonamides is 1. The maximum atomic E-state index is 12.8. The summed E-state index contributed by atoms with van der Waals surface area (Å²) in [4.78, 5) is 22.6. The molecule has 2 aliphatic rings. The fourth-order valence-corrected chi connectivity index (χ4v) is 5.09. The second kappa shape index (κ2) is 8.32. The minimum atomic E-state index is -3.75. The molecule has 148 valence electrons. The van der Waals surface area contributed by atoms with Gasteiger partial charge in [-0.15, -0.1) is 0 Å². The Morgan fingerprint density at radius 3 is 2.59 bits per heavy atom. The van der Waals surface area contributed by atoms with E-state index >= 15 is 0 Å². The lowest BCUT2D eigenvalue weighted by Crippen LogP contribution is -2.52. The number of nitrogens with zero attached hydrogens (tertiary/aromatic N) is 2. The van der Waals surface area contributed by atoms with Crippen LogP contribution in [0.25, 0.3) is 0 Å². The van der Waals surface area contributed by atoms with Gasteiger partial charge in [-0.05, 0) is 44.4 Å². The Bertz CT molecular complexity index is 790. The summed E-state index contributed by atoms with van der Waals surface area (Å²) in [6.45, 7) is 2.17. The summed E-state index contributed by atoms with van der Waals surface area (Å²) >= 11 is 0. The fourth-order valence-electron chi connectivity index (χ4n) is 3.56. The van der Waals surface area contributed by atoms with Crippen molar-refractivity contribution in [1.29, 1.82) is 0 Å². The number of amides is 1. The summed E-state index contributed by atoms with van der Waals surface area (Å²) in [6.07, 6.45) is 3.19. The molecule has 2 N–H and O–H groups in total. The first-order valence-corrected chi connectivity index (χ1v) is 10.6. The number of rotatable bonds is 5. The van der Waals surface area contributed by atoms with Crippen LogP contribution in [0.15, 0.2) is 29.2 Å². The second-order valence-corrected chi connectivity index (χ2v) is 8.94. The molecule has 0 aromatic heterocycles. The fraction of sp³-hybridized carbons (Fsp3) is 0.588. The average Bonchev–Trinajstić information content (AvgIpc) is 2.69. The summed E-state index contributed by atoms with van der Waals surface area (Å²) < 4.78 is 27.0. The quantitative estimate of drug-likeness (QED) is 0.562. The summed E-state index contributed by atoms with van der Waals surface area (Å²) in [5, 5.41) is 16.9. The number of hydrogen-bond donors (Lipinski definition) is 2. The van der Waals surface area contributed by atoms with Gasteiger partial charge < -0.3 is 10.6 Å². The minimum absolute atomic E-state index is 0.0246. The van der Waals surface area contributed by atoms with Gasteiger partial charge in [0.25, 0.3) is 5.69 Å². The number of carbonyl (C=O) groups is 1. The highest BCUT2D eigenvalue weighted by Gasteiger charge is 2.32. The van der Waals surface area contributed by atoms with Crippen molar-refractivity contribution in [2.45, 2.75) is 36.6 Å². The van der Waals surface area contributed by atoms with Crippen molar-refractivity contribution in [3.8, 4) is 0 Å². The van der Waals surface area contributed by atoms with E-state index in [4.69, 9.17) is 0 Å². The lowest BCUT2D eigenvalue weighted by molar-refractivity contribution is -0.384. The van der Waals surface area contributed by atoms with Crippen LogP contribution >= 0.6 is 0 Å². The van der Waals surface area contributed by atoms with E-state index in [2.05, 4.69) is 10.6 Å². The Hall–Kier alpha value is -2.04. The highest BCUT2D eigenvalue weighted by molar-refractivity contribution is 7.89. The van der Waals surface area contributed by atoms with E-state index < -0.39 is 14.9 Å². The number of nitrogens with one attached hydrogen (secondary N) is 2. The molecule has 3 rings (SSSR count). The molecule has 2 saturated heterocycles. The molecule has 2 atom stereocenters. The van der Waals surface area contributed by atoms with Gasteiger partial charge in [0.05, 0.1) is 15.7 Å². The highest BCUT2D eigenvalue weighted by atomic mass is 32.2. The normalized spacial score (nSPS) is 24.3. The van der Waals surface area contributed by atoms with Crippen LogP contribution < -0.4 is 10.6 Å². The molecular weight excluding hydrogens is 372 g/mol. The number of nitro benzene ring substituents is 1.